The molecule has 0 heterocycles. The van der Waals surface area contributed by atoms with Crippen molar-refractivity contribution in [2.45, 2.75) is 4.90 Å². The molecule has 2 aromatic carbocycles. The molecule has 0 fully saturated rings. The third-order valence-corrected chi connectivity index (χ3v) is 4.81. The number of benzene rings is 2. The number of carboxylic acids is 1. The van der Waals surface area contributed by atoms with Crippen LogP contribution >= 0.6 is 11.6 Å². The lowest BCUT2D eigenvalue weighted by Gasteiger charge is -2.12. The Kier molecular flexibility index (Phi) is 5.14. The predicted molar refractivity (Wildman–Crippen MR) is 88.9 cm³/mol. The number of nitrogens with zero attached hydrogens (tertiary/aromatic N) is 1. The van der Waals surface area contributed by atoms with E-state index in [1.807, 2.05) is 0 Å². The molecule has 0 atom stereocenters. The van der Waals surface area contributed by atoms with Gasteiger partial charge in [-0.05, 0) is 24.3 Å². The monoisotopic (exact) mass is 386 g/mol. The Morgan fingerprint density at radius 3 is 2.52 bits per heavy atom. The molecule has 25 heavy (non-hydrogen) atoms. The number of nitro benzene ring substituents is 1. The lowest BCUT2D eigenvalue weighted by atomic mass is 10.2. The number of ether oxygens (including phenoxy) is 1. The lowest BCUT2D eigenvalue weighted by Crippen LogP contribution is -2.14. The van der Waals surface area contributed by atoms with Gasteiger partial charge < -0.3 is 9.84 Å². The van der Waals surface area contributed by atoms with Gasteiger partial charge >= 0.3 is 5.97 Å². The molecule has 132 valence electrons. The second-order valence-electron chi connectivity index (χ2n) is 4.69. The second kappa shape index (κ2) is 6.95. The van der Waals surface area contributed by atoms with Crippen LogP contribution in [0, 0.1) is 10.1 Å². The smallest absolute Gasteiger partial charge is 0.337 e. The van der Waals surface area contributed by atoms with Gasteiger partial charge in [0.2, 0.25) is 0 Å². The fraction of sp³-hybridized carbons (Fsp3) is 0.0714. The minimum atomic E-state index is -4.24. The zero-order valence-corrected chi connectivity index (χ0v) is 14.2. The molecule has 0 aliphatic rings. The van der Waals surface area contributed by atoms with Crippen LogP contribution in [0.15, 0.2) is 41.3 Å². The molecule has 0 saturated heterocycles. The number of anilines is 1. The van der Waals surface area contributed by atoms with Crippen molar-refractivity contribution in [2.75, 3.05) is 11.8 Å². The van der Waals surface area contributed by atoms with Crippen LogP contribution in [0.3, 0.4) is 0 Å². The summed E-state index contributed by atoms with van der Waals surface area (Å²) in [5.41, 5.74) is -0.903. The highest BCUT2D eigenvalue weighted by molar-refractivity contribution is 7.92. The Balaban J connectivity index is 2.49. The van der Waals surface area contributed by atoms with Gasteiger partial charge in [0, 0.05) is 12.1 Å². The van der Waals surface area contributed by atoms with Crippen LogP contribution < -0.4 is 9.46 Å². The third kappa shape index (κ3) is 3.98. The first kappa shape index (κ1) is 18.5. The number of methoxy groups -OCH3 is 1. The molecule has 0 saturated carbocycles. The van der Waals surface area contributed by atoms with Crippen LogP contribution in [-0.4, -0.2) is 31.5 Å². The highest BCUT2D eigenvalue weighted by atomic mass is 35.5. The second-order valence-corrected chi connectivity index (χ2v) is 6.78. The number of halogens is 1. The summed E-state index contributed by atoms with van der Waals surface area (Å²) in [5, 5.41) is 19.8. The van der Waals surface area contributed by atoms with Gasteiger partial charge in [0.05, 0.1) is 33.2 Å². The maximum absolute atomic E-state index is 12.5. The van der Waals surface area contributed by atoms with E-state index in [2.05, 4.69) is 4.72 Å². The normalized spacial score (nSPS) is 11.0. The number of rotatable bonds is 6. The number of non-ortho nitro benzene ring substituents is 1. The number of nitrogens with one attached hydrogen (secondary N) is 1. The van der Waals surface area contributed by atoms with E-state index in [0.717, 1.165) is 30.3 Å². The molecular weight excluding hydrogens is 376 g/mol. The molecule has 0 aromatic heterocycles. The van der Waals surface area contributed by atoms with Crippen LogP contribution in [0.25, 0.3) is 0 Å². The van der Waals surface area contributed by atoms with E-state index in [4.69, 9.17) is 21.4 Å². The first-order valence-electron chi connectivity index (χ1n) is 6.54. The SMILES string of the molecule is COc1ccc([N+](=O)[O-])cc1NS(=O)(=O)c1ccc(Cl)c(C(=O)O)c1. The number of aromatic carboxylic acids is 1. The van der Waals surface area contributed by atoms with Crippen molar-refractivity contribution in [2.24, 2.45) is 0 Å². The molecule has 0 radical (unpaired) electrons. The van der Waals surface area contributed by atoms with Crippen molar-refractivity contribution < 1.29 is 28.0 Å². The fourth-order valence-corrected chi connectivity index (χ4v) is 3.21. The van der Waals surface area contributed by atoms with Crippen LogP contribution in [0.1, 0.15) is 10.4 Å². The minimum Gasteiger partial charge on any atom is -0.495 e. The number of sulfonamides is 1. The quantitative estimate of drug-likeness (QED) is 0.575. The van der Waals surface area contributed by atoms with Crippen LogP contribution in [0.5, 0.6) is 5.75 Å². The van der Waals surface area contributed by atoms with Crippen molar-refractivity contribution in [1.82, 2.24) is 0 Å². The Labute approximate surface area is 147 Å². The van der Waals surface area contributed by atoms with Gasteiger partial charge in [0.25, 0.3) is 15.7 Å². The number of hydrogen-bond acceptors (Lipinski definition) is 6. The molecule has 2 aromatic rings. The highest BCUT2D eigenvalue weighted by Crippen LogP contribution is 2.31. The number of carbonyl (C=O) groups is 1. The molecule has 2 N–H and O–H groups in total. The lowest BCUT2D eigenvalue weighted by molar-refractivity contribution is -0.384. The molecule has 0 aliphatic carbocycles. The van der Waals surface area contributed by atoms with Gasteiger partial charge in [0.1, 0.15) is 5.75 Å². The Hall–Kier alpha value is -2.85. The maximum atomic E-state index is 12.5. The predicted octanol–water partition coefficient (Wildman–Crippen LogP) is 2.76. The van der Waals surface area contributed by atoms with Crippen molar-refractivity contribution in [3.8, 4) is 5.75 Å². The molecule has 0 amide bonds. The topological polar surface area (TPSA) is 136 Å². The molecular formula is C14H11ClN2O7S. The molecule has 2 rings (SSSR count). The van der Waals surface area contributed by atoms with Crippen molar-refractivity contribution in [3.05, 3.63) is 57.1 Å². The summed E-state index contributed by atoms with van der Waals surface area (Å²) in [4.78, 5) is 20.9. The Morgan fingerprint density at radius 1 is 1.28 bits per heavy atom. The zero-order valence-electron chi connectivity index (χ0n) is 12.6. The van der Waals surface area contributed by atoms with Gasteiger partial charge in [-0.1, -0.05) is 11.6 Å². The van der Waals surface area contributed by atoms with Crippen LogP contribution in [0.4, 0.5) is 11.4 Å². The summed E-state index contributed by atoms with van der Waals surface area (Å²) in [6.07, 6.45) is 0. The molecule has 0 bridgehead atoms. The van der Waals surface area contributed by atoms with Gasteiger partial charge in [-0.25, -0.2) is 13.2 Å². The summed E-state index contributed by atoms with van der Waals surface area (Å²) < 4.78 is 32.0. The number of nitro groups is 1. The van der Waals surface area contributed by atoms with Crippen LogP contribution in [-0.2, 0) is 10.0 Å². The average Bonchev–Trinajstić information content (AvgIpc) is 2.54. The van der Waals surface area contributed by atoms with Crippen molar-refractivity contribution in [1.29, 1.82) is 0 Å². The minimum absolute atomic E-state index is 0.0570. The maximum Gasteiger partial charge on any atom is 0.337 e. The summed E-state index contributed by atoms with van der Waals surface area (Å²) >= 11 is 5.71. The largest absolute Gasteiger partial charge is 0.495 e. The summed E-state index contributed by atoms with van der Waals surface area (Å²) in [7, 11) is -2.97. The molecule has 0 spiro atoms. The third-order valence-electron chi connectivity index (χ3n) is 3.12. The van der Waals surface area contributed by atoms with E-state index < -0.39 is 26.5 Å². The highest BCUT2D eigenvalue weighted by Gasteiger charge is 2.21. The standard InChI is InChI=1S/C14H11ClN2O7S/c1-24-13-5-2-8(17(20)21)6-12(13)16-25(22,23)9-3-4-11(15)10(7-9)14(18)19/h2-7,16H,1H3,(H,18,19). The molecule has 0 unspecified atom stereocenters. The van der Waals surface area contributed by atoms with E-state index in [1.165, 1.54) is 13.2 Å². The first-order chi connectivity index (χ1) is 11.7. The van der Waals surface area contributed by atoms with Gasteiger partial charge in [-0.2, -0.15) is 0 Å². The first-order valence-corrected chi connectivity index (χ1v) is 8.40. The fourth-order valence-electron chi connectivity index (χ4n) is 1.93. The molecule has 9 nitrogen and oxygen atoms in total. The molecule has 0 aliphatic heterocycles. The van der Waals surface area contributed by atoms with E-state index in [-0.39, 0.29) is 27.0 Å². The van der Waals surface area contributed by atoms with Gasteiger partial charge in [0.15, 0.2) is 0 Å². The summed E-state index contributed by atoms with van der Waals surface area (Å²) in [6, 6.07) is 6.51. The van der Waals surface area contributed by atoms with Crippen molar-refractivity contribution in [3.63, 3.8) is 0 Å². The van der Waals surface area contributed by atoms with Gasteiger partial charge in [-0.15, -0.1) is 0 Å². The van der Waals surface area contributed by atoms with Crippen molar-refractivity contribution >= 4 is 39.0 Å². The van der Waals surface area contributed by atoms with E-state index in [0.29, 0.717) is 0 Å². The Bertz CT molecular complexity index is 960. The van der Waals surface area contributed by atoms with E-state index >= 15 is 0 Å². The number of carboxylic acid groups (broad SMARTS) is 1. The summed E-state index contributed by atoms with van der Waals surface area (Å²) in [5.74, 6) is -1.34. The average molecular weight is 387 g/mol. The van der Waals surface area contributed by atoms with E-state index in [1.54, 1.807) is 0 Å². The summed E-state index contributed by atoms with van der Waals surface area (Å²) in [6.45, 7) is 0. The van der Waals surface area contributed by atoms with Crippen LogP contribution in [0.2, 0.25) is 5.02 Å². The molecule has 11 heteroatoms. The number of hydrogen-bond donors (Lipinski definition) is 2. The Morgan fingerprint density at radius 2 is 1.96 bits per heavy atom. The van der Waals surface area contributed by atoms with Gasteiger partial charge in [-0.3, -0.25) is 14.8 Å². The zero-order chi connectivity index (χ0) is 18.8. The van der Waals surface area contributed by atoms with E-state index in [9.17, 15) is 23.3 Å².